The molecule has 0 saturated carbocycles. The van der Waals surface area contributed by atoms with E-state index in [4.69, 9.17) is 5.73 Å². The van der Waals surface area contributed by atoms with Crippen molar-refractivity contribution in [3.05, 3.63) is 29.6 Å². The number of rotatable bonds is 1. The molecule has 4 heteroatoms. The van der Waals surface area contributed by atoms with Crippen molar-refractivity contribution in [2.45, 2.75) is 26.3 Å². The lowest BCUT2D eigenvalue weighted by atomic mass is 10.0. The Morgan fingerprint density at radius 3 is 2.15 bits per heavy atom. The van der Waals surface area contributed by atoms with E-state index in [1.165, 1.54) is 5.56 Å². The zero-order valence-corrected chi connectivity index (χ0v) is 9.71. The molecule has 0 radical (unpaired) electrons. The van der Waals surface area contributed by atoms with Crippen LogP contribution in [0, 0.1) is 6.92 Å². The Bertz CT molecular complexity index is 256. The number of hydrogen-bond donors (Lipinski definition) is 1. The van der Waals surface area contributed by atoms with Gasteiger partial charge in [-0.25, -0.2) is 0 Å². The van der Waals surface area contributed by atoms with Gasteiger partial charge in [0.1, 0.15) is 0 Å². The number of pyridine rings is 1. The molecule has 1 aromatic heterocycles. The number of hydrogen-bond acceptors (Lipinski definition) is 2. The summed E-state index contributed by atoms with van der Waals surface area (Å²) in [4.78, 5) is 4.19. The fourth-order valence-electron chi connectivity index (χ4n) is 0.889. The number of aryl methyl sites for hydroxylation is 1. The Hall–Kier alpha value is -0.310. The third kappa shape index (κ3) is 4.46. The summed E-state index contributed by atoms with van der Waals surface area (Å²) < 4.78 is 0. The average molecular weight is 223 g/mol. The third-order valence-electron chi connectivity index (χ3n) is 1.58. The quantitative estimate of drug-likeness (QED) is 0.794. The van der Waals surface area contributed by atoms with Crippen LogP contribution in [-0.4, -0.2) is 4.98 Å². The number of nitrogens with two attached hydrogens (primary N) is 1. The molecule has 2 nitrogen and oxygen atoms in total. The van der Waals surface area contributed by atoms with Crippen molar-refractivity contribution < 1.29 is 0 Å². The predicted molar refractivity (Wildman–Crippen MR) is 60.7 cm³/mol. The molecular weight excluding hydrogens is 207 g/mol. The Kier molecular flexibility index (Phi) is 6.33. The largest absolute Gasteiger partial charge is 0.321 e. The van der Waals surface area contributed by atoms with Gasteiger partial charge in [0, 0.05) is 6.20 Å². The maximum Gasteiger partial charge on any atom is 0.0599 e. The second-order valence-corrected chi connectivity index (χ2v) is 3.44. The highest BCUT2D eigenvalue weighted by atomic mass is 35.5. The monoisotopic (exact) mass is 222 g/mol. The van der Waals surface area contributed by atoms with Crippen LogP contribution in [0.3, 0.4) is 0 Å². The van der Waals surface area contributed by atoms with Crippen LogP contribution in [-0.2, 0) is 5.54 Å². The number of halogens is 2. The molecule has 0 aliphatic carbocycles. The van der Waals surface area contributed by atoms with Crippen molar-refractivity contribution in [2.24, 2.45) is 5.73 Å². The highest BCUT2D eigenvalue weighted by Gasteiger charge is 2.14. The predicted octanol–water partition coefficient (Wildman–Crippen LogP) is 2.43. The Labute approximate surface area is 91.8 Å². The normalized spacial score (nSPS) is 9.85. The van der Waals surface area contributed by atoms with Crippen molar-refractivity contribution in [1.29, 1.82) is 0 Å². The minimum atomic E-state index is -0.327. The van der Waals surface area contributed by atoms with Crippen LogP contribution in [0.4, 0.5) is 0 Å². The van der Waals surface area contributed by atoms with Crippen LogP contribution in [0.2, 0.25) is 0 Å². The lowest BCUT2D eigenvalue weighted by molar-refractivity contribution is 0.534. The van der Waals surface area contributed by atoms with E-state index in [0.29, 0.717) is 0 Å². The second-order valence-electron chi connectivity index (χ2n) is 3.44. The molecule has 0 bridgehead atoms. The van der Waals surface area contributed by atoms with Gasteiger partial charge in [-0.2, -0.15) is 0 Å². The smallest absolute Gasteiger partial charge is 0.0599 e. The lowest BCUT2D eigenvalue weighted by Gasteiger charge is -2.17. The molecule has 1 aromatic rings. The van der Waals surface area contributed by atoms with Crippen LogP contribution in [0.15, 0.2) is 18.3 Å². The number of nitrogens with zero attached hydrogens (tertiary/aromatic N) is 1. The zero-order valence-electron chi connectivity index (χ0n) is 8.07. The van der Waals surface area contributed by atoms with Crippen molar-refractivity contribution in [2.75, 3.05) is 0 Å². The first-order valence-electron chi connectivity index (χ1n) is 3.72. The van der Waals surface area contributed by atoms with Gasteiger partial charge in [-0.3, -0.25) is 4.98 Å². The van der Waals surface area contributed by atoms with Gasteiger partial charge in [0.15, 0.2) is 0 Å². The first-order valence-corrected chi connectivity index (χ1v) is 3.72. The Morgan fingerprint density at radius 1 is 1.31 bits per heavy atom. The van der Waals surface area contributed by atoms with E-state index in [1.807, 2.05) is 32.9 Å². The SMILES string of the molecule is Cc1ccnc(C(C)(C)N)c1.Cl.Cl. The summed E-state index contributed by atoms with van der Waals surface area (Å²) in [5.74, 6) is 0. The van der Waals surface area contributed by atoms with E-state index >= 15 is 0 Å². The van der Waals surface area contributed by atoms with E-state index in [-0.39, 0.29) is 30.4 Å². The fourth-order valence-corrected chi connectivity index (χ4v) is 0.889. The van der Waals surface area contributed by atoms with Gasteiger partial charge in [-0.15, -0.1) is 24.8 Å². The molecule has 0 aromatic carbocycles. The van der Waals surface area contributed by atoms with Crippen LogP contribution >= 0.6 is 24.8 Å². The van der Waals surface area contributed by atoms with Crippen molar-refractivity contribution >= 4 is 24.8 Å². The maximum atomic E-state index is 5.86. The standard InChI is InChI=1S/C9H14N2.2ClH/c1-7-4-5-11-8(6-7)9(2,3)10;;/h4-6H,10H2,1-3H3;2*1H. The lowest BCUT2D eigenvalue weighted by Crippen LogP contribution is -2.29. The topological polar surface area (TPSA) is 38.9 Å². The van der Waals surface area contributed by atoms with Crippen LogP contribution in [0.5, 0.6) is 0 Å². The van der Waals surface area contributed by atoms with Crippen molar-refractivity contribution in [1.82, 2.24) is 4.98 Å². The van der Waals surface area contributed by atoms with Gasteiger partial charge in [0.25, 0.3) is 0 Å². The van der Waals surface area contributed by atoms with Gasteiger partial charge in [0.2, 0.25) is 0 Å². The molecule has 1 rings (SSSR count). The fraction of sp³-hybridized carbons (Fsp3) is 0.444. The first-order chi connectivity index (χ1) is 5.00. The van der Waals surface area contributed by atoms with E-state index in [0.717, 1.165) is 5.69 Å². The molecule has 0 aliphatic heterocycles. The summed E-state index contributed by atoms with van der Waals surface area (Å²) in [5.41, 5.74) is 7.68. The van der Waals surface area contributed by atoms with Gasteiger partial charge >= 0.3 is 0 Å². The highest BCUT2D eigenvalue weighted by molar-refractivity contribution is 5.85. The van der Waals surface area contributed by atoms with Crippen LogP contribution in [0.25, 0.3) is 0 Å². The van der Waals surface area contributed by atoms with Gasteiger partial charge in [0.05, 0.1) is 11.2 Å². The molecular formula is C9H16Cl2N2. The molecule has 1 heterocycles. The van der Waals surface area contributed by atoms with Crippen LogP contribution < -0.4 is 5.73 Å². The summed E-state index contributed by atoms with van der Waals surface area (Å²) in [5, 5.41) is 0. The first kappa shape index (κ1) is 15.2. The average Bonchev–Trinajstić information content (AvgIpc) is 1.86. The van der Waals surface area contributed by atoms with Gasteiger partial charge < -0.3 is 5.73 Å². The van der Waals surface area contributed by atoms with Crippen molar-refractivity contribution in [3.63, 3.8) is 0 Å². The van der Waals surface area contributed by atoms with Gasteiger partial charge in [-0.05, 0) is 38.5 Å². The number of aromatic nitrogens is 1. The molecule has 13 heavy (non-hydrogen) atoms. The minimum absolute atomic E-state index is 0. The second kappa shape index (κ2) is 5.43. The molecule has 0 unspecified atom stereocenters. The molecule has 76 valence electrons. The molecule has 0 saturated heterocycles. The zero-order chi connectivity index (χ0) is 8.48. The molecule has 0 spiro atoms. The summed E-state index contributed by atoms with van der Waals surface area (Å²) in [7, 11) is 0. The summed E-state index contributed by atoms with van der Waals surface area (Å²) in [6, 6.07) is 3.98. The van der Waals surface area contributed by atoms with Gasteiger partial charge in [-0.1, -0.05) is 0 Å². The van der Waals surface area contributed by atoms with Crippen LogP contribution in [0.1, 0.15) is 25.1 Å². The van der Waals surface area contributed by atoms with E-state index in [9.17, 15) is 0 Å². The molecule has 0 amide bonds. The van der Waals surface area contributed by atoms with E-state index in [2.05, 4.69) is 4.98 Å². The van der Waals surface area contributed by atoms with Crippen molar-refractivity contribution in [3.8, 4) is 0 Å². The molecule has 0 aliphatic rings. The molecule has 0 atom stereocenters. The summed E-state index contributed by atoms with van der Waals surface area (Å²) >= 11 is 0. The summed E-state index contributed by atoms with van der Waals surface area (Å²) in [6.07, 6.45) is 1.79. The molecule has 2 N–H and O–H groups in total. The maximum absolute atomic E-state index is 5.86. The Balaban J connectivity index is 0. The third-order valence-corrected chi connectivity index (χ3v) is 1.58. The van der Waals surface area contributed by atoms with E-state index in [1.54, 1.807) is 6.20 Å². The molecule has 0 fully saturated rings. The minimum Gasteiger partial charge on any atom is -0.321 e. The highest BCUT2D eigenvalue weighted by Crippen LogP contribution is 2.14. The summed E-state index contributed by atoms with van der Waals surface area (Å²) in [6.45, 7) is 5.94. The Morgan fingerprint density at radius 2 is 1.85 bits per heavy atom. The van der Waals surface area contributed by atoms with E-state index < -0.39 is 0 Å².